The zero-order chi connectivity index (χ0) is 12.3. The standard InChI is InChI=1S/C12H15BrN2O2/c1-16-5-3-4-10-8-15-7-9(13)6-11(17-2)12(15)14-10/h6-8H,3-5H2,1-2H3. The average Bonchev–Trinajstić information content (AvgIpc) is 2.71. The van der Waals surface area contributed by atoms with Gasteiger partial charge in [0.2, 0.25) is 0 Å². The molecule has 0 saturated heterocycles. The maximum absolute atomic E-state index is 5.31. The Labute approximate surface area is 109 Å². The molecule has 0 aliphatic heterocycles. The first-order chi connectivity index (χ1) is 8.24. The van der Waals surface area contributed by atoms with E-state index in [9.17, 15) is 0 Å². The predicted octanol–water partition coefficient (Wildman–Crippen LogP) is 2.68. The highest BCUT2D eigenvalue weighted by Crippen LogP contribution is 2.24. The molecule has 5 heteroatoms. The summed E-state index contributed by atoms with van der Waals surface area (Å²) in [5.74, 6) is 0.775. The van der Waals surface area contributed by atoms with E-state index in [1.165, 1.54) is 0 Å². The summed E-state index contributed by atoms with van der Waals surface area (Å²) in [6, 6.07) is 1.92. The highest BCUT2D eigenvalue weighted by atomic mass is 79.9. The number of rotatable bonds is 5. The lowest BCUT2D eigenvalue weighted by atomic mass is 10.3. The number of aromatic nitrogens is 2. The van der Waals surface area contributed by atoms with Crippen molar-refractivity contribution in [2.24, 2.45) is 0 Å². The fourth-order valence-corrected chi connectivity index (χ4v) is 2.18. The van der Waals surface area contributed by atoms with Crippen molar-refractivity contribution in [1.82, 2.24) is 9.38 Å². The summed E-state index contributed by atoms with van der Waals surface area (Å²) < 4.78 is 13.3. The van der Waals surface area contributed by atoms with Crippen LogP contribution in [0, 0.1) is 0 Å². The molecular formula is C12H15BrN2O2. The quantitative estimate of drug-likeness (QED) is 0.796. The van der Waals surface area contributed by atoms with Gasteiger partial charge in [0.15, 0.2) is 11.4 Å². The van der Waals surface area contributed by atoms with E-state index in [2.05, 4.69) is 20.9 Å². The first-order valence-corrected chi connectivity index (χ1v) is 6.24. The number of fused-ring (bicyclic) bond motifs is 1. The summed E-state index contributed by atoms with van der Waals surface area (Å²) in [7, 11) is 3.37. The molecule has 0 N–H and O–H groups in total. The molecule has 0 aliphatic carbocycles. The Morgan fingerprint density at radius 2 is 2.18 bits per heavy atom. The summed E-state index contributed by atoms with van der Waals surface area (Å²) in [5, 5.41) is 0. The maximum Gasteiger partial charge on any atom is 0.179 e. The first-order valence-electron chi connectivity index (χ1n) is 5.44. The lowest BCUT2D eigenvalue weighted by Gasteiger charge is -2.02. The van der Waals surface area contributed by atoms with Gasteiger partial charge in [-0.1, -0.05) is 0 Å². The van der Waals surface area contributed by atoms with Gasteiger partial charge < -0.3 is 13.9 Å². The lowest BCUT2D eigenvalue weighted by Crippen LogP contribution is -1.92. The van der Waals surface area contributed by atoms with Crippen LogP contribution in [0.25, 0.3) is 5.65 Å². The van der Waals surface area contributed by atoms with Crippen LogP contribution < -0.4 is 4.74 Å². The Morgan fingerprint density at radius 1 is 1.35 bits per heavy atom. The van der Waals surface area contributed by atoms with Crippen molar-refractivity contribution in [3.05, 3.63) is 28.6 Å². The summed E-state index contributed by atoms with van der Waals surface area (Å²) in [6.07, 6.45) is 5.89. The molecule has 2 heterocycles. The predicted molar refractivity (Wildman–Crippen MR) is 69.6 cm³/mol. The number of hydrogen-bond acceptors (Lipinski definition) is 3. The maximum atomic E-state index is 5.31. The van der Waals surface area contributed by atoms with Crippen LogP contribution in [0.3, 0.4) is 0 Å². The fraction of sp³-hybridized carbons (Fsp3) is 0.417. The largest absolute Gasteiger partial charge is 0.493 e. The fourth-order valence-electron chi connectivity index (χ4n) is 1.75. The number of hydrogen-bond donors (Lipinski definition) is 0. The van der Waals surface area contributed by atoms with Gasteiger partial charge in [0.05, 0.1) is 12.8 Å². The van der Waals surface area contributed by atoms with Crippen LogP contribution in [-0.4, -0.2) is 30.2 Å². The highest BCUT2D eigenvalue weighted by molar-refractivity contribution is 9.10. The number of aryl methyl sites for hydroxylation is 1. The Bertz CT molecular complexity index is 510. The second-order valence-corrected chi connectivity index (χ2v) is 4.70. The van der Waals surface area contributed by atoms with Crippen molar-refractivity contribution in [2.45, 2.75) is 12.8 Å². The molecule has 0 unspecified atom stereocenters. The van der Waals surface area contributed by atoms with E-state index in [4.69, 9.17) is 9.47 Å². The smallest absolute Gasteiger partial charge is 0.179 e. The van der Waals surface area contributed by atoms with Crippen LogP contribution in [0.2, 0.25) is 0 Å². The molecule has 4 nitrogen and oxygen atoms in total. The molecule has 2 aromatic heterocycles. The monoisotopic (exact) mass is 298 g/mol. The number of nitrogens with zero attached hydrogens (tertiary/aromatic N) is 2. The zero-order valence-corrected chi connectivity index (χ0v) is 11.5. The number of pyridine rings is 1. The van der Waals surface area contributed by atoms with E-state index in [0.717, 1.165) is 41.0 Å². The molecule has 0 aromatic carbocycles. The molecule has 2 rings (SSSR count). The molecule has 0 radical (unpaired) electrons. The molecule has 92 valence electrons. The van der Waals surface area contributed by atoms with E-state index in [1.807, 2.05) is 22.9 Å². The minimum absolute atomic E-state index is 0.759. The summed E-state index contributed by atoms with van der Waals surface area (Å²) in [6.45, 7) is 0.759. The van der Waals surface area contributed by atoms with E-state index in [-0.39, 0.29) is 0 Å². The molecule has 0 atom stereocenters. The van der Waals surface area contributed by atoms with Crippen molar-refractivity contribution in [1.29, 1.82) is 0 Å². The zero-order valence-electron chi connectivity index (χ0n) is 9.94. The van der Waals surface area contributed by atoms with Crippen LogP contribution in [0.15, 0.2) is 22.9 Å². The van der Waals surface area contributed by atoms with Gasteiger partial charge in [0, 0.05) is 30.6 Å². The summed E-state index contributed by atoms with van der Waals surface area (Å²) in [5.41, 5.74) is 1.90. The van der Waals surface area contributed by atoms with Gasteiger partial charge in [-0.05, 0) is 34.8 Å². The van der Waals surface area contributed by atoms with E-state index in [0.29, 0.717) is 0 Å². The Balaban J connectivity index is 2.29. The number of methoxy groups -OCH3 is 2. The molecule has 0 aliphatic rings. The van der Waals surface area contributed by atoms with Crippen molar-refractivity contribution in [2.75, 3.05) is 20.8 Å². The third-order valence-electron chi connectivity index (χ3n) is 2.54. The van der Waals surface area contributed by atoms with Crippen LogP contribution in [0.5, 0.6) is 5.75 Å². The SMILES string of the molecule is COCCCc1cn2cc(Br)cc(OC)c2n1. The molecule has 17 heavy (non-hydrogen) atoms. The van der Waals surface area contributed by atoms with Crippen LogP contribution >= 0.6 is 15.9 Å². The molecular weight excluding hydrogens is 284 g/mol. The summed E-state index contributed by atoms with van der Waals surface area (Å²) >= 11 is 3.45. The molecule has 2 aromatic rings. The van der Waals surface area contributed by atoms with Crippen molar-refractivity contribution in [3.63, 3.8) is 0 Å². The number of ether oxygens (including phenoxy) is 2. The van der Waals surface area contributed by atoms with E-state index < -0.39 is 0 Å². The minimum Gasteiger partial charge on any atom is -0.493 e. The third-order valence-corrected chi connectivity index (χ3v) is 2.97. The topological polar surface area (TPSA) is 35.8 Å². The van der Waals surface area contributed by atoms with Gasteiger partial charge in [-0.15, -0.1) is 0 Å². The van der Waals surface area contributed by atoms with Crippen LogP contribution in [-0.2, 0) is 11.2 Å². The minimum atomic E-state index is 0.759. The molecule has 0 saturated carbocycles. The van der Waals surface area contributed by atoms with Crippen LogP contribution in [0.1, 0.15) is 12.1 Å². The molecule has 0 spiro atoms. The second kappa shape index (κ2) is 5.51. The van der Waals surface area contributed by atoms with Gasteiger partial charge in [-0.25, -0.2) is 4.98 Å². The highest BCUT2D eigenvalue weighted by Gasteiger charge is 2.08. The van der Waals surface area contributed by atoms with E-state index >= 15 is 0 Å². The molecule has 0 fully saturated rings. The Kier molecular flexibility index (Phi) is 4.02. The second-order valence-electron chi connectivity index (χ2n) is 3.79. The van der Waals surface area contributed by atoms with Crippen molar-refractivity contribution < 1.29 is 9.47 Å². The van der Waals surface area contributed by atoms with E-state index in [1.54, 1.807) is 14.2 Å². The molecule has 0 amide bonds. The summed E-state index contributed by atoms with van der Waals surface area (Å²) in [4.78, 5) is 4.56. The van der Waals surface area contributed by atoms with Gasteiger partial charge >= 0.3 is 0 Å². The molecule has 0 bridgehead atoms. The first kappa shape index (κ1) is 12.4. The third kappa shape index (κ3) is 2.79. The lowest BCUT2D eigenvalue weighted by molar-refractivity contribution is 0.195. The average molecular weight is 299 g/mol. The van der Waals surface area contributed by atoms with Crippen molar-refractivity contribution in [3.8, 4) is 5.75 Å². The Morgan fingerprint density at radius 3 is 2.88 bits per heavy atom. The number of imidazole rings is 1. The van der Waals surface area contributed by atoms with Gasteiger partial charge in [0.1, 0.15) is 0 Å². The van der Waals surface area contributed by atoms with Gasteiger partial charge in [-0.3, -0.25) is 0 Å². The number of halogens is 1. The van der Waals surface area contributed by atoms with Gasteiger partial charge in [0.25, 0.3) is 0 Å². The van der Waals surface area contributed by atoms with Gasteiger partial charge in [-0.2, -0.15) is 0 Å². The van der Waals surface area contributed by atoms with Crippen LogP contribution in [0.4, 0.5) is 0 Å². The van der Waals surface area contributed by atoms with Crippen molar-refractivity contribution >= 4 is 21.6 Å². The normalized spacial score (nSPS) is 11.0. The Hall–Kier alpha value is -1.07.